The number of rotatable bonds is 4. The first-order valence-electron chi connectivity index (χ1n) is 10.4. The van der Waals surface area contributed by atoms with Crippen LogP contribution in [0.2, 0.25) is 0 Å². The monoisotopic (exact) mass is 409 g/mol. The summed E-state index contributed by atoms with van der Waals surface area (Å²) < 4.78 is 7.37. The van der Waals surface area contributed by atoms with Gasteiger partial charge in [-0.3, -0.25) is 0 Å². The molecule has 1 aliphatic rings. The SMILES string of the molecule is CCOC(=O)/C=C/N1c2ccccc2-c2ccccc2C1n1c(C)nc2ccccc21. The summed E-state index contributed by atoms with van der Waals surface area (Å²) in [6.45, 7) is 4.18. The summed E-state index contributed by atoms with van der Waals surface area (Å²) in [4.78, 5) is 19.1. The van der Waals surface area contributed by atoms with E-state index in [1.165, 1.54) is 11.6 Å². The Hall–Kier alpha value is -3.86. The fraction of sp³-hybridized carbons (Fsp3) is 0.154. The van der Waals surface area contributed by atoms with Gasteiger partial charge in [0.25, 0.3) is 0 Å². The number of para-hydroxylation sites is 3. The van der Waals surface area contributed by atoms with Crippen molar-refractivity contribution in [3.63, 3.8) is 0 Å². The number of aromatic nitrogens is 2. The number of hydrogen-bond donors (Lipinski definition) is 0. The van der Waals surface area contributed by atoms with Crippen molar-refractivity contribution in [2.24, 2.45) is 0 Å². The molecule has 3 aromatic carbocycles. The largest absolute Gasteiger partial charge is 0.463 e. The van der Waals surface area contributed by atoms with Crippen molar-refractivity contribution in [1.29, 1.82) is 0 Å². The number of carbonyl (C=O) groups is 1. The molecule has 1 unspecified atom stereocenters. The van der Waals surface area contributed by atoms with Crippen LogP contribution in [-0.2, 0) is 9.53 Å². The van der Waals surface area contributed by atoms with E-state index in [0.717, 1.165) is 33.7 Å². The van der Waals surface area contributed by atoms with E-state index in [1.54, 1.807) is 0 Å². The van der Waals surface area contributed by atoms with Crippen LogP contribution in [0.3, 0.4) is 0 Å². The van der Waals surface area contributed by atoms with Gasteiger partial charge < -0.3 is 14.2 Å². The minimum Gasteiger partial charge on any atom is -0.463 e. The second-order valence-electron chi connectivity index (χ2n) is 7.47. The van der Waals surface area contributed by atoms with Crippen molar-refractivity contribution in [2.45, 2.75) is 20.0 Å². The van der Waals surface area contributed by atoms with Crippen molar-refractivity contribution in [1.82, 2.24) is 9.55 Å². The Balaban J connectivity index is 1.77. The summed E-state index contributed by atoms with van der Waals surface area (Å²) in [7, 11) is 0. The highest BCUT2D eigenvalue weighted by Crippen LogP contribution is 2.46. The molecule has 0 aliphatic carbocycles. The molecule has 0 saturated heterocycles. The molecule has 1 aromatic heterocycles. The van der Waals surface area contributed by atoms with E-state index in [9.17, 15) is 4.79 Å². The molecular weight excluding hydrogens is 386 g/mol. The molecule has 2 heterocycles. The van der Waals surface area contributed by atoms with Crippen molar-refractivity contribution < 1.29 is 9.53 Å². The standard InChI is InChI=1S/C26H23N3O2/c1-3-31-25(30)16-17-28-23-14-8-6-11-20(23)19-10-4-5-12-21(19)26(28)29-18(2)27-22-13-7-9-15-24(22)29/h4-17,26H,3H2,1-2H3/b17-16+. The van der Waals surface area contributed by atoms with E-state index in [1.807, 2.05) is 50.4 Å². The third kappa shape index (κ3) is 3.19. The minimum atomic E-state index is -0.357. The minimum absolute atomic E-state index is 0.191. The first-order valence-corrected chi connectivity index (χ1v) is 10.4. The molecule has 1 atom stereocenters. The molecule has 0 amide bonds. The van der Waals surface area contributed by atoms with Gasteiger partial charge in [-0.1, -0.05) is 54.6 Å². The molecule has 0 fully saturated rings. The fourth-order valence-electron chi connectivity index (χ4n) is 4.41. The number of nitrogens with zero attached hydrogens (tertiary/aromatic N) is 3. The number of imidazole rings is 1. The summed E-state index contributed by atoms with van der Waals surface area (Å²) in [6.07, 6.45) is 3.13. The Bertz CT molecular complexity index is 1310. The number of ether oxygens (including phenoxy) is 1. The predicted molar refractivity (Wildman–Crippen MR) is 123 cm³/mol. The Morgan fingerprint density at radius 1 is 1.00 bits per heavy atom. The molecule has 5 rings (SSSR count). The molecule has 31 heavy (non-hydrogen) atoms. The van der Waals surface area contributed by atoms with Crippen molar-refractivity contribution in [3.8, 4) is 11.1 Å². The van der Waals surface area contributed by atoms with Gasteiger partial charge in [-0.15, -0.1) is 0 Å². The Morgan fingerprint density at radius 2 is 1.71 bits per heavy atom. The molecule has 5 nitrogen and oxygen atoms in total. The highest BCUT2D eigenvalue weighted by Gasteiger charge is 2.32. The second-order valence-corrected chi connectivity index (χ2v) is 7.47. The predicted octanol–water partition coefficient (Wildman–Crippen LogP) is 5.46. The zero-order chi connectivity index (χ0) is 21.4. The molecule has 0 spiro atoms. The van der Waals surface area contributed by atoms with Crippen LogP contribution in [0.4, 0.5) is 5.69 Å². The molecular formula is C26H23N3O2. The molecule has 0 radical (unpaired) electrons. The summed E-state index contributed by atoms with van der Waals surface area (Å²) in [5.41, 5.74) is 6.50. The van der Waals surface area contributed by atoms with Gasteiger partial charge in [0.2, 0.25) is 0 Å². The smallest absolute Gasteiger partial charge is 0.332 e. The van der Waals surface area contributed by atoms with E-state index < -0.39 is 0 Å². The summed E-state index contributed by atoms with van der Waals surface area (Å²) in [6, 6.07) is 24.8. The molecule has 154 valence electrons. The zero-order valence-corrected chi connectivity index (χ0v) is 17.5. The molecule has 1 aliphatic heterocycles. The quantitative estimate of drug-likeness (QED) is 0.332. The first-order chi connectivity index (χ1) is 15.2. The van der Waals surface area contributed by atoms with Crippen LogP contribution in [0.5, 0.6) is 0 Å². The number of esters is 1. The summed E-state index contributed by atoms with van der Waals surface area (Å²) in [5.74, 6) is 0.555. The van der Waals surface area contributed by atoms with Gasteiger partial charge in [0.05, 0.1) is 23.3 Å². The van der Waals surface area contributed by atoms with E-state index in [0.29, 0.717) is 6.61 Å². The number of fused-ring (bicyclic) bond motifs is 4. The highest BCUT2D eigenvalue weighted by atomic mass is 16.5. The lowest BCUT2D eigenvalue weighted by Crippen LogP contribution is -2.33. The first kappa shape index (κ1) is 19.1. The molecule has 0 saturated carbocycles. The van der Waals surface area contributed by atoms with Crippen LogP contribution < -0.4 is 4.90 Å². The van der Waals surface area contributed by atoms with Gasteiger partial charge in [-0.05, 0) is 37.6 Å². The topological polar surface area (TPSA) is 47.4 Å². The van der Waals surface area contributed by atoms with Gasteiger partial charge in [-0.25, -0.2) is 9.78 Å². The van der Waals surface area contributed by atoms with Gasteiger partial charge in [0.1, 0.15) is 12.0 Å². The average molecular weight is 409 g/mol. The number of hydrogen-bond acceptors (Lipinski definition) is 4. The van der Waals surface area contributed by atoms with Crippen LogP contribution in [0.15, 0.2) is 85.1 Å². The molecule has 4 aromatic rings. The van der Waals surface area contributed by atoms with Crippen molar-refractivity contribution >= 4 is 22.7 Å². The van der Waals surface area contributed by atoms with Gasteiger partial charge in [-0.2, -0.15) is 0 Å². The maximum Gasteiger partial charge on any atom is 0.332 e. The summed E-state index contributed by atoms with van der Waals surface area (Å²) in [5, 5.41) is 0. The van der Waals surface area contributed by atoms with Gasteiger partial charge in [0.15, 0.2) is 0 Å². The van der Waals surface area contributed by atoms with Gasteiger partial charge in [0, 0.05) is 23.4 Å². The fourth-order valence-corrected chi connectivity index (χ4v) is 4.41. The van der Waals surface area contributed by atoms with Crippen LogP contribution in [-0.4, -0.2) is 22.1 Å². The summed E-state index contributed by atoms with van der Waals surface area (Å²) >= 11 is 0. The van der Waals surface area contributed by atoms with E-state index in [4.69, 9.17) is 9.72 Å². The van der Waals surface area contributed by atoms with E-state index in [2.05, 4.69) is 51.9 Å². The highest BCUT2D eigenvalue weighted by molar-refractivity contribution is 5.88. The molecule has 0 N–H and O–H groups in total. The number of carbonyl (C=O) groups excluding carboxylic acids is 1. The van der Waals surface area contributed by atoms with E-state index >= 15 is 0 Å². The molecule has 0 bridgehead atoms. The normalized spacial score (nSPS) is 15.2. The number of aryl methyl sites for hydroxylation is 1. The molecule has 5 heteroatoms. The third-order valence-electron chi connectivity index (χ3n) is 5.65. The van der Waals surface area contributed by atoms with Gasteiger partial charge >= 0.3 is 5.97 Å². The lowest BCUT2D eigenvalue weighted by atomic mass is 9.91. The zero-order valence-electron chi connectivity index (χ0n) is 17.5. The van der Waals surface area contributed by atoms with Crippen molar-refractivity contribution in [3.05, 3.63) is 96.5 Å². The number of anilines is 1. The second kappa shape index (κ2) is 7.76. The maximum absolute atomic E-state index is 12.2. The Morgan fingerprint density at radius 3 is 2.55 bits per heavy atom. The van der Waals surface area contributed by atoms with Crippen LogP contribution in [0, 0.1) is 6.92 Å². The van der Waals surface area contributed by atoms with Crippen LogP contribution in [0.1, 0.15) is 24.5 Å². The lowest BCUT2D eigenvalue weighted by molar-refractivity contribution is -0.137. The number of benzene rings is 3. The van der Waals surface area contributed by atoms with Crippen molar-refractivity contribution in [2.75, 3.05) is 11.5 Å². The van der Waals surface area contributed by atoms with E-state index in [-0.39, 0.29) is 12.1 Å². The van der Waals surface area contributed by atoms with Crippen LogP contribution in [0.25, 0.3) is 22.2 Å². The average Bonchev–Trinajstić information content (AvgIpc) is 3.13. The lowest BCUT2D eigenvalue weighted by Gasteiger charge is -2.39. The Labute approximate surface area is 181 Å². The maximum atomic E-state index is 12.2. The van der Waals surface area contributed by atoms with Crippen LogP contribution >= 0.6 is 0 Å². The third-order valence-corrected chi connectivity index (χ3v) is 5.65. The Kier molecular flexibility index (Phi) is 4.79.